The summed E-state index contributed by atoms with van der Waals surface area (Å²) in [7, 11) is -0.117. The molecular weight excluding hydrogens is 340 g/mol. The molecule has 4 rings (SSSR count). The highest BCUT2D eigenvalue weighted by Crippen LogP contribution is 2.41. The maximum atomic E-state index is 4.23. The molecule has 2 aromatic carbocycles. The molecular formula is C18H17ClN4S. The highest BCUT2D eigenvalue weighted by atomic mass is 35.5. The summed E-state index contributed by atoms with van der Waals surface area (Å²) in [6.07, 6.45) is 5.52. The molecule has 0 radical (unpaired) electrons. The molecule has 1 atom stereocenters. The van der Waals surface area contributed by atoms with Crippen LogP contribution in [0, 0.1) is 0 Å². The van der Waals surface area contributed by atoms with Gasteiger partial charge < -0.3 is 0 Å². The summed E-state index contributed by atoms with van der Waals surface area (Å²) in [5, 5.41) is 6.51. The Morgan fingerprint density at radius 3 is 2.29 bits per heavy atom. The lowest BCUT2D eigenvalue weighted by atomic mass is 10.3. The van der Waals surface area contributed by atoms with Crippen LogP contribution in [0.25, 0.3) is 0 Å². The fourth-order valence-corrected chi connectivity index (χ4v) is 4.51. The standard InChI is InChI=1S/C18H16N4S.ClH/c1-3-7-16(8-4-1)22-17(13-21-15-19-14-20-21)11-12-23(22)18-9-5-2-6-10-18;/h1-12,14-15H,13H2;1H. The molecule has 0 saturated heterocycles. The van der Waals surface area contributed by atoms with Crippen molar-refractivity contribution >= 4 is 34.1 Å². The van der Waals surface area contributed by atoms with E-state index in [1.165, 1.54) is 16.3 Å². The summed E-state index contributed by atoms with van der Waals surface area (Å²) < 4.78 is 4.24. The molecule has 3 aromatic rings. The summed E-state index contributed by atoms with van der Waals surface area (Å²) >= 11 is 0. The van der Waals surface area contributed by atoms with Gasteiger partial charge in [-0.15, -0.1) is 12.4 Å². The molecule has 2 heterocycles. The van der Waals surface area contributed by atoms with Gasteiger partial charge >= 0.3 is 0 Å². The third-order valence-electron chi connectivity index (χ3n) is 3.61. The molecule has 4 nitrogen and oxygen atoms in total. The average Bonchev–Trinajstić information content (AvgIpc) is 3.27. The zero-order valence-electron chi connectivity index (χ0n) is 12.9. The Morgan fingerprint density at radius 2 is 1.62 bits per heavy atom. The first-order valence-electron chi connectivity index (χ1n) is 7.42. The largest absolute Gasteiger partial charge is 0.289 e. The van der Waals surface area contributed by atoms with Gasteiger partial charge in [-0.1, -0.05) is 47.1 Å². The summed E-state index contributed by atoms with van der Waals surface area (Å²) in [5.74, 6) is 0. The lowest BCUT2D eigenvalue weighted by Gasteiger charge is -2.27. The number of hydrogen-bond acceptors (Lipinski definition) is 3. The number of benzene rings is 2. The Bertz CT molecular complexity index is 845. The quantitative estimate of drug-likeness (QED) is 0.658. The van der Waals surface area contributed by atoms with Crippen LogP contribution in [0.1, 0.15) is 0 Å². The van der Waals surface area contributed by atoms with Crippen molar-refractivity contribution in [2.75, 3.05) is 4.31 Å². The SMILES string of the molecule is C1=C(Cn2cncn2)N(c2ccccc2)S(c2ccccc2)=C1.Cl. The van der Waals surface area contributed by atoms with E-state index in [9.17, 15) is 0 Å². The minimum absolute atomic E-state index is 0. The second-order valence-electron chi connectivity index (χ2n) is 5.14. The third-order valence-corrected chi connectivity index (χ3v) is 5.60. The number of allylic oxidation sites excluding steroid dienone is 2. The van der Waals surface area contributed by atoms with Crippen LogP contribution in [0.3, 0.4) is 0 Å². The lowest BCUT2D eigenvalue weighted by Crippen LogP contribution is -2.17. The molecule has 122 valence electrons. The third kappa shape index (κ3) is 3.27. The molecule has 0 bridgehead atoms. The topological polar surface area (TPSA) is 34.0 Å². The van der Waals surface area contributed by atoms with Crippen LogP contribution in [0.5, 0.6) is 0 Å². The number of aromatic nitrogens is 3. The van der Waals surface area contributed by atoms with Crippen LogP contribution in [-0.4, -0.2) is 20.1 Å². The summed E-state index contributed by atoms with van der Waals surface area (Å²) in [4.78, 5) is 5.34. The van der Waals surface area contributed by atoms with Crippen molar-refractivity contribution in [2.45, 2.75) is 11.4 Å². The Morgan fingerprint density at radius 1 is 0.917 bits per heavy atom. The zero-order chi connectivity index (χ0) is 15.5. The second-order valence-corrected chi connectivity index (χ2v) is 6.88. The van der Waals surface area contributed by atoms with Gasteiger partial charge in [0.05, 0.1) is 17.9 Å². The Kier molecular flexibility index (Phi) is 5.13. The number of rotatable bonds is 4. The van der Waals surface area contributed by atoms with Gasteiger partial charge in [-0.05, 0) is 35.7 Å². The van der Waals surface area contributed by atoms with E-state index in [0.717, 1.165) is 0 Å². The van der Waals surface area contributed by atoms with E-state index in [4.69, 9.17) is 0 Å². The van der Waals surface area contributed by atoms with Crippen LogP contribution >= 0.6 is 23.1 Å². The highest BCUT2D eigenvalue weighted by molar-refractivity contribution is 8.16. The van der Waals surface area contributed by atoms with Crippen molar-refractivity contribution in [3.63, 3.8) is 0 Å². The average molecular weight is 357 g/mol. The smallest absolute Gasteiger partial charge is 0.137 e. The number of nitrogens with zero attached hydrogens (tertiary/aromatic N) is 4. The van der Waals surface area contributed by atoms with Crippen molar-refractivity contribution in [2.24, 2.45) is 0 Å². The predicted molar refractivity (Wildman–Crippen MR) is 103 cm³/mol. The summed E-state index contributed by atoms with van der Waals surface area (Å²) in [6, 6.07) is 21.1. The fourth-order valence-electron chi connectivity index (χ4n) is 2.58. The van der Waals surface area contributed by atoms with Gasteiger partial charge in [0.1, 0.15) is 12.7 Å². The van der Waals surface area contributed by atoms with Crippen molar-refractivity contribution in [3.8, 4) is 0 Å². The van der Waals surface area contributed by atoms with Gasteiger partial charge in [0, 0.05) is 4.90 Å². The maximum Gasteiger partial charge on any atom is 0.137 e. The normalized spacial score (nSPS) is 16.2. The Labute approximate surface area is 149 Å². The van der Waals surface area contributed by atoms with Crippen LogP contribution in [0.2, 0.25) is 0 Å². The summed E-state index contributed by atoms with van der Waals surface area (Å²) in [6.45, 7) is 0.710. The van der Waals surface area contributed by atoms with E-state index in [2.05, 4.69) is 80.4 Å². The highest BCUT2D eigenvalue weighted by Gasteiger charge is 2.21. The first kappa shape index (κ1) is 16.5. The minimum atomic E-state index is -0.117. The Hall–Kier alpha value is -2.37. The number of halogens is 1. The molecule has 24 heavy (non-hydrogen) atoms. The van der Waals surface area contributed by atoms with Crippen LogP contribution in [-0.2, 0) is 6.54 Å². The van der Waals surface area contributed by atoms with Crippen LogP contribution in [0.4, 0.5) is 5.69 Å². The van der Waals surface area contributed by atoms with E-state index in [1.807, 2.05) is 10.7 Å². The first-order chi connectivity index (χ1) is 11.4. The molecule has 0 fully saturated rings. The molecule has 1 unspecified atom stereocenters. The molecule has 6 heteroatoms. The predicted octanol–water partition coefficient (Wildman–Crippen LogP) is 4.15. The summed E-state index contributed by atoms with van der Waals surface area (Å²) in [5.41, 5.74) is 2.41. The van der Waals surface area contributed by atoms with Crippen LogP contribution < -0.4 is 4.31 Å². The number of anilines is 1. The van der Waals surface area contributed by atoms with E-state index in [0.29, 0.717) is 6.54 Å². The molecule has 0 saturated carbocycles. The lowest BCUT2D eigenvalue weighted by molar-refractivity contribution is 0.672. The van der Waals surface area contributed by atoms with Crippen molar-refractivity contribution in [1.82, 2.24) is 14.8 Å². The van der Waals surface area contributed by atoms with Gasteiger partial charge in [0.2, 0.25) is 0 Å². The van der Waals surface area contributed by atoms with Crippen molar-refractivity contribution in [3.05, 3.63) is 85.1 Å². The van der Waals surface area contributed by atoms with Gasteiger partial charge in [-0.3, -0.25) is 4.31 Å². The van der Waals surface area contributed by atoms with Gasteiger partial charge in [-0.25, -0.2) is 9.67 Å². The molecule has 0 amide bonds. The van der Waals surface area contributed by atoms with Crippen molar-refractivity contribution in [1.29, 1.82) is 0 Å². The molecule has 1 aliphatic rings. The van der Waals surface area contributed by atoms with E-state index in [-0.39, 0.29) is 23.1 Å². The molecule has 1 aromatic heterocycles. The van der Waals surface area contributed by atoms with E-state index in [1.54, 1.807) is 12.7 Å². The van der Waals surface area contributed by atoms with Crippen LogP contribution in [0.15, 0.2) is 90.0 Å². The second kappa shape index (κ2) is 7.47. The zero-order valence-corrected chi connectivity index (χ0v) is 14.5. The van der Waals surface area contributed by atoms with E-state index < -0.39 is 0 Å². The van der Waals surface area contributed by atoms with Crippen molar-refractivity contribution < 1.29 is 0 Å². The molecule has 0 N–H and O–H groups in total. The maximum absolute atomic E-state index is 4.23. The van der Waals surface area contributed by atoms with Gasteiger partial charge in [0.25, 0.3) is 0 Å². The minimum Gasteiger partial charge on any atom is -0.289 e. The first-order valence-corrected chi connectivity index (χ1v) is 8.66. The molecule has 0 aliphatic carbocycles. The fraction of sp³-hybridized carbons (Fsp3) is 0.0556. The molecule has 1 aliphatic heterocycles. The monoisotopic (exact) mass is 356 g/mol. The number of para-hydroxylation sites is 1. The Balaban J connectivity index is 0.00000169. The number of hydrogen-bond donors (Lipinski definition) is 0. The van der Waals surface area contributed by atoms with Gasteiger partial charge in [0.15, 0.2) is 0 Å². The van der Waals surface area contributed by atoms with E-state index >= 15 is 0 Å². The van der Waals surface area contributed by atoms with Gasteiger partial charge in [-0.2, -0.15) is 5.10 Å². The molecule has 0 spiro atoms.